The first kappa shape index (κ1) is 13.7. The molecule has 0 saturated carbocycles. The van der Waals surface area contributed by atoms with Gasteiger partial charge in [0.1, 0.15) is 11.6 Å². The van der Waals surface area contributed by atoms with Crippen molar-refractivity contribution in [3.05, 3.63) is 36.2 Å². The molecule has 4 heterocycles. The zero-order valence-electron chi connectivity index (χ0n) is 12.7. The molecule has 0 bridgehead atoms. The lowest BCUT2D eigenvalue weighted by Crippen LogP contribution is -2.15. The van der Waals surface area contributed by atoms with Crippen LogP contribution in [0.1, 0.15) is 31.0 Å². The van der Waals surface area contributed by atoms with Crippen LogP contribution in [0.25, 0.3) is 5.82 Å². The summed E-state index contributed by atoms with van der Waals surface area (Å²) in [7, 11) is 0. The van der Waals surface area contributed by atoms with Gasteiger partial charge in [-0.15, -0.1) is 10.2 Å². The number of fused-ring (bicyclic) bond motifs is 1. The maximum Gasteiger partial charge on any atom is 0.224 e. The first-order valence-electron chi connectivity index (χ1n) is 7.54. The van der Waals surface area contributed by atoms with Gasteiger partial charge in [-0.3, -0.25) is 0 Å². The summed E-state index contributed by atoms with van der Waals surface area (Å²) in [6.45, 7) is 3.00. The smallest absolute Gasteiger partial charge is 0.224 e. The van der Waals surface area contributed by atoms with Gasteiger partial charge in [-0.1, -0.05) is 0 Å². The number of nitrogens with one attached hydrogen (secondary N) is 1. The van der Waals surface area contributed by atoms with Gasteiger partial charge in [0.25, 0.3) is 0 Å². The SMILES string of the molecule is CC(Nc1cc(-n2cccn2)nc(N)n1)c1nnc2n1CCC2. The molecule has 3 N–H and O–H groups in total. The summed E-state index contributed by atoms with van der Waals surface area (Å²) in [5, 5.41) is 16.0. The van der Waals surface area contributed by atoms with Crippen molar-refractivity contribution >= 4 is 11.8 Å². The first-order valence-corrected chi connectivity index (χ1v) is 7.54. The van der Waals surface area contributed by atoms with Gasteiger partial charge in [-0.2, -0.15) is 15.1 Å². The van der Waals surface area contributed by atoms with Gasteiger partial charge in [0, 0.05) is 31.4 Å². The largest absolute Gasteiger partial charge is 0.368 e. The molecule has 1 aliphatic rings. The Hall–Kier alpha value is -2.97. The second-order valence-electron chi connectivity index (χ2n) is 5.52. The summed E-state index contributed by atoms with van der Waals surface area (Å²) >= 11 is 0. The highest BCUT2D eigenvalue weighted by Crippen LogP contribution is 2.22. The van der Waals surface area contributed by atoms with E-state index in [0.29, 0.717) is 11.6 Å². The molecule has 3 aromatic heterocycles. The van der Waals surface area contributed by atoms with E-state index in [1.165, 1.54) is 0 Å². The monoisotopic (exact) mass is 311 g/mol. The van der Waals surface area contributed by atoms with Crippen molar-refractivity contribution in [3.8, 4) is 5.82 Å². The zero-order chi connectivity index (χ0) is 15.8. The average Bonchev–Trinajstić information content (AvgIpc) is 3.24. The van der Waals surface area contributed by atoms with E-state index in [4.69, 9.17) is 5.73 Å². The van der Waals surface area contributed by atoms with Gasteiger partial charge < -0.3 is 15.6 Å². The lowest BCUT2D eigenvalue weighted by molar-refractivity contribution is 0.651. The van der Waals surface area contributed by atoms with Gasteiger partial charge in [0.05, 0.1) is 6.04 Å². The van der Waals surface area contributed by atoms with Crippen molar-refractivity contribution in [1.29, 1.82) is 0 Å². The second-order valence-corrected chi connectivity index (χ2v) is 5.52. The fourth-order valence-corrected chi connectivity index (χ4v) is 2.83. The van der Waals surface area contributed by atoms with Gasteiger partial charge in [0.15, 0.2) is 11.6 Å². The molecule has 9 nitrogen and oxygen atoms in total. The number of hydrogen-bond donors (Lipinski definition) is 2. The molecule has 1 unspecified atom stereocenters. The van der Waals surface area contributed by atoms with Crippen LogP contribution in [-0.4, -0.2) is 34.5 Å². The number of hydrogen-bond acceptors (Lipinski definition) is 7. The number of aryl methyl sites for hydroxylation is 1. The van der Waals surface area contributed by atoms with E-state index in [2.05, 4.69) is 35.1 Å². The summed E-state index contributed by atoms with van der Waals surface area (Å²) in [5.74, 6) is 3.40. The Morgan fingerprint density at radius 3 is 3.04 bits per heavy atom. The first-order chi connectivity index (χ1) is 11.2. The van der Waals surface area contributed by atoms with E-state index in [0.717, 1.165) is 31.0 Å². The highest BCUT2D eigenvalue weighted by atomic mass is 15.3. The minimum absolute atomic E-state index is 0.0332. The molecule has 23 heavy (non-hydrogen) atoms. The minimum atomic E-state index is -0.0332. The van der Waals surface area contributed by atoms with Gasteiger partial charge >= 0.3 is 0 Å². The van der Waals surface area contributed by atoms with E-state index in [1.54, 1.807) is 23.1 Å². The average molecular weight is 311 g/mol. The molecule has 0 fully saturated rings. The van der Waals surface area contributed by atoms with Crippen molar-refractivity contribution < 1.29 is 0 Å². The van der Waals surface area contributed by atoms with Gasteiger partial charge in [0.2, 0.25) is 5.95 Å². The maximum atomic E-state index is 5.81. The molecular weight excluding hydrogens is 294 g/mol. The number of nitrogen functional groups attached to an aromatic ring is 1. The van der Waals surface area contributed by atoms with E-state index in [9.17, 15) is 0 Å². The van der Waals surface area contributed by atoms with E-state index in [1.807, 2.05) is 13.0 Å². The third kappa shape index (κ3) is 2.50. The lowest BCUT2D eigenvalue weighted by atomic mass is 10.3. The summed E-state index contributed by atoms with van der Waals surface area (Å²) in [6, 6.07) is 3.60. The summed E-state index contributed by atoms with van der Waals surface area (Å²) in [5.41, 5.74) is 5.81. The van der Waals surface area contributed by atoms with Crippen LogP contribution in [0.2, 0.25) is 0 Å². The third-order valence-corrected chi connectivity index (χ3v) is 3.86. The number of anilines is 2. The molecule has 3 aromatic rings. The third-order valence-electron chi connectivity index (χ3n) is 3.86. The van der Waals surface area contributed by atoms with Crippen LogP contribution >= 0.6 is 0 Å². The molecule has 0 saturated heterocycles. The Kier molecular flexibility index (Phi) is 3.18. The number of aromatic nitrogens is 7. The predicted octanol–water partition coefficient (Wildman–Crippen LogP) is 0.955. The predicted molar refractivity (Wildman–Crippen MR) is 83.9 cm³/mol. The van der Waals surface area contributed by atoms with Gasteiger partial charge in [-0.25, -0.2) is 4.68 Å². The maximum absolute atomic E-state index is 5.81. The van der Waals surface area contributed by atoms with Crippen molar-refractivity contribution in [3.63, 3.8) is 0 Å². The summed E-state index contributed by atoms with van der Waals surface area (Å²) in [4.78, 5) is 8.44. The van der Waals surface area contributed by atoms with Crippen LogP contribution in [0.15, 0.2) is 24.5 Å². The molecule has 118 valence electrons. The Labute approximate surface area is 132 Å². The summed E-state index contributed by atoms with van der Waals surface area (Å²) < 4.78 is 3.80. The van der Waals surface area contributed by atoms with Crippen LogP contribution in [0, 0.1) is 0 Å². The molecule has 9 heteroatoms. The fourth-order valence-electron chi connectivity index (χ4n) is 2.83. The fraction of sp³-hybridized carbons (Fsp3) is 0.357. The van der Waals surface area contributed by atoms with Gasteiger partial charge in [-0.05, 0) is 19.4 Å². The molecule has 0 spiro atoms. The highest BCUT2D eigenvalue weighted by molar-refractivity contribution is 5.46. The van der Waals surface area contributed by atoms with Crippen molar-refractivity contribution in [2.24, 2.45) is 0 Å². The van der Waals surface area contributed by atoms with E-state index in [-0.39, 0.29) is 12.0 Å². The topological polar surface area (TPSA) is 112 Å². The van der Waals surface area contributed by atoms with Crippen molar-refractivity contribution in [2.45, 2.75) is 32.4 Å². The minimum Gasteiger partial charge on any atom is -0.368 e. The van der Waals surface area contributed by atoms with Crippen LogP contribution in [-0.2, 0) is 13.0 Å². The molecule has 4 rings (SSSR count). The Morgan fingerprint density at radius 1 is 1.30 bits per heavy atom. The molecule has 0 aromatic carbocycles. The van der Waals surface area contributed by atoms with Crippen molar-refractivity contribution in [2.75, 3.05) is 11.1 Å². The molecule has 0 aliphatic carbocycles. The lowest BCUT2D eigenvalue weighted by Gasteiger charge is -2.15. The second kappa shape index (κ2) is 5.34. The Bertz CT molecular complexity index is 821. The van der Waals surface area contributed by atoms with Crippen LogP contribution in [0.5, 0.6) is 0 Å². The van der Waals surface area contributed by atoms with E-state index < -0.39 is 0 Å². The Morgan fingerprint density at radius 2 is 2.22 bits per heavy atom. The highest BCUT2D eigenvalue weighted by Gasteiger charge is 2.21. The number of nitrogens with zero attached hydrogens (tertiary/aromatic N) is 7. The molecule has 0 radical (unpaired) electrons. The van der Waals surface area contributed by atoms with Crippen molar-refractivity contribution in [1.82, 2.24) is 34.5 Å². The van der Waals surface area contributed by atoms with Crippen LogP contribution < -0.4 is 11.1 Å². The molecular formula is C14H17N9. The molecule has 0 amide bonds. The van der Waals surface area contributed by atoms with E-state index >= 15 is 0 Å². The summed E-state index contributed by atoms with van der Waals surface area (Å²) in [6.07, 6.45) is 5.60. The zero-order valence-corrected chi connectivity index (χ0v) is 12.7. The molecule has 1 aliphatic heterocycles. The van der Waals surface area contributed by atoms with Crippen LogP contribution in [0.4, 0.5) is 11.8 Å². The standard InChI is InChI=1S/C14H17N9/c1-9(13-21-20-11-4-2-6-22(11)13)17-10-8-12(19-14(15)18-10)23-7-3-5-16-23/h3,5,7-9H,2,4,6H2,1H3,(H3,15,17,18,19). The van der Waals surface area contributed by atoms with Crippen LogP contribution in [0.3, 0.4) is 0 Å². The number of rotatable bonds is 4. The molecule has 1 atom stereocenters. The Balaban J connectivity index is 1.61. The number of nitrogens with two attached hydrogens (primary N) is 1. The quantitative estimate of drug-likeness (QED) is 0.737. The normalized spacial score (nSPS) is 14.7.